The lowest BCUT2D eigenvalue weighted by atomic mass is 10.1. The van der Waals surface area contributed by atoms with Gasteiger partial charge in [-0.25, -0.2) is 0 Å². The summed E-state index contributed by atoms with van der Waals surface area (Å²) >= 11 is 0. The van der Waals surface area contributed by atoms with Crippen molar-refractivity contribution in [1.29, 1.82) is 0 Å². The van der Waals surface area contributed by atoms with Crippen LogP contribution in [0.2, 0.25) is 0 Å². The Kier molecular flexibility index (Phi) is 52.5. The summed E-state index contributed by atoms with van der Waals surface area (Å²) in [6.07, 6.45) is 78.7. The standard InChI is InChI=1S/C63H100O6/c1-4-7-10-13-16-19-22-25-28-30-31-33-35-38-41-44-47-50-53-56-62(65)68-59-60(58-67-61(64)55-52-49-46-43-40-37-34-27-24-21-18-15-12-9-6-3)69-63(66)57-54-51-48-45-42-39-36-32-29-26-23-20-17-14-11-8-5-2/h7,10,16,18-19,21,25-29,31,33-34,36,38-41,43,45,48,60H,4-6,8-9,11-15,17,20,22-24,30,32,35,37,42,44,46-47,49-59H2,1-3H3/b10-7-,19-16-,21-18-,28-25-,29-26-,33-31-,34-27-,39-36-,41-38-,43-40-,48-45-/t60-/m0/s1. The van der Waals surface area contributed by atoms with Gasteiger partial charge in [0, 0.05) is 19.3 Å². The fraction of sp³-hybridized carbons (Fsp3) is 0.603. The van der Waals surface area contributed by atoms with Crippen molar-refractivity contribution < 1.29 is 28.6 Å². The van der Waals surface area contributed by atoms with Gasteiger partial charge in [-0.15, -0.1) is 0 Å². The number of allylic oxidation sites excluding steroid dienone is 22. The smallest absolute Gasteiger partial charge is 0.306 e. The topological polar surface area (TPSA) is 78.9 Å². The molecule has 0 saturated carbocycles. The molecule has 1 atom stereocenters. The number of rotatable bonds is 48. The van der Waals surface area contributed by atoms with Crippen LogP contribution in [0.5, 0.6) is 0 Å². The van der Waals surface area contributed by atoms with E-state index in [0.29, 0.717) is 19.3 Å². The number of carbonyl (C=O) groups is 3. The van der Waals surface area contributed by atoms with Gasteiger partial charge in [0.25, 0.3) is 0 Å². The van der Waals surface area contributed by atoms with Gasteiger partial charge in [-0.2, -0.15) is 0 Å². The van der Waals surface area contributed by atoms with Crippen LogP contribution < -0.4 is 0 Å². The first-order valence-corrected chi connectivity index (χ1v) is 27.7. The number of carbonyl (C=O) groups excluding carboxylic acids is 3. The minimum atomic E-state index is -0.839. The highest BCUT2D eigenvalue weighted by Crippen LogP contribution is 2.11. The van der Waals surface area contributed by atoms with Crippen molar-refractivity contribution in [2.75, 3.05) is 13.2 Å². The van der Waals surface area contributed by atoms with E-state index in [9.17, 15) is 14.4 Å². The third-order valence-electron chi connectivity index (χ3n) is 11.1. The summed E-state index contributed by atoms with van der Waals surface area (Å²) in [4.78, 5) is 38.1. The van der Waals surface area contributed by atoms with E-state index >= 15 is 0 Å². The molecule has 0 spiro atoms. The molecular formula is C63H100O6. The third kappa shape index (κ3) is 54.4. The molecule has 0 aromatic rings. The maximum atomic E-state index is 12.8. The molecule has 0 radical (unpaired) electrons. The van der Waals surface area contributed by atoms with E-state index in [0.717, 1.165) is 103 Å². The van der Waals surface area contributed by atoms with Gasteiger partial charge in [0.05, 0.1) is 0 Å². The Morgan fingerprint density at radius 3 is 0.986 bits per heavy atom. The molecule has 0 aromatic carbocycles. The fourth-order valence-electron chi connectivity index (χ4n) is 6.96. The van der Waals surface area contributed by atoms with Crippen molar-refractivity contribution in [3.8, 4) is 0 Å². The van der Waals surface area contributed by atoms with Crippen LogP contribution >= 0.6 is 0 Å². The first kappa shape index (κ1) is 64.5. The van der Waals surface area contributed by atoms with Crippen molar-refractivity contribution in [1.82, 2.24) is 0 Å². The van der Waals surface area contributed by atoms with E-state index in [1.807, 2.05) is 0 Å². The molecule has 0 aliphatic rings. The van der Waals surface area contributed by atoms with E-state index in [-0.39, 0.29) is 44.0 Å². The molecule has 0 fully saturated rings. The van der Waals surface area contributed by atoms with E-state index in [2.05, 4.69) is 154 Å². The SMILES string of the molecule is CC/C=C\C/C=C\C/C=C\C/C=C\C/C=C\CCCCCC(=O)OC[C@H](COC(=O)CCCC/C=C\C/C=C\C/C=C\CCCCC)OC(=O)CCC/C=C\C/C=C\C/C=C\CCCCCCCC. The van der Waals surface area contributed by atoms with Gasteiger partial charge in [-0.3, -0.25) is 14.4 Å². The molecule has 0 rings (SSSR count). The molecule has 0 saturated heterocycles. The van der Waals surface area contributed by atoms with Crippen LogP contribution in [-0.4, -0.2) is 37.2 Å². The first-order chi connectivity index (χ1) is 34.0. The molecular weight excluding hydrogens is 853 g/mol. The van der Waals surface area contributed by atoms with Crippen molar-refractivity contribution in [2.24, 2.45) is 0 Å². The Labute approximate surface area is 424 Å². The molecule has 0 unspecified atom stereocenters. The maximum absolute atomic E-state index is 12.8. The molecule has 69 heavy (non-hydrogen) atoms. The Morgan fingerprint density at radius 2 is 0.580 bits per heavy atom. The van der Waals surface area contributed by atoms with E-state index in [1.54, 1.807) is 0 Å². The largest absolute Gasteiger partial charge is 0.462 e. The number of hydrogen-bond donors (Lipinski definition) is 0. The molecule has 6 nitrogen and oxygen atoms in total. The predicted octanol–water partition coefficient (Wildman–Crippen LogP) is 18.6. The maximum Gasteiger partial charge on any atom is 0.306 e. The van der Waals surface area contributed by atoms with Crippen LogP contribution in [-0.2, 0) is 28.6 Å². The highest BCUT2D eigenvalue weighted by atomic mass is 16.6. The molecule has 0 aromatic heterocycles. The van der Waals surface area contributed by atoms with Crippen molar-refractivity contribution in [3.05, 3.63) is 134 Å². The summed E-state index contributed by atoms with van der Waals surface area (Å²) in [5, 5.41) is 0. The highest BCUT2D eigenvalue weighted by molar-refractivity contribution is 5.71. The van der Waals surface area contributed by atoms with E-state index in [4.69, 9.17) is 14.2 Å². The average Bonchev–Trinajstić information content (AvgIpc) is 3.35. The number of esters is 3. The summed E-state index contributed by atoms with van der Waals surface area (Å²) in [7, 11) is 0. The minimum absolute atomic E-state index is 0.132. The Bertz CT molecular complexity index is 1510. The van der Waals surface area contributed by atoms with Gasteiger partial charge in [0.1, 0.15) is 13.2 Å². The zero-order valence-corrected chi connectivity index (χ0v) is 44.3. The monoisotopic (exact) mass is 953 g/mol. The van der Waals surface area contributed by atoms with Crippen LogP contribution in [0, 0.1) is 0 Å². The van der Waals surface area contributed by atoms with Crippen molar-refractivity contribution in [2.45, 2.75) is 232 Å². The summed E-state index contributed by atoms with van der Waals surface area (Å²) in [5.41, 5.74) is 0. The normalized spacial score (nSPS) is 13.1. The third-order valence-corrected chi connectivity index (χ3v) is 11.1. The predicted molar refractivity (Wildman–Crippen MR) is 297 cm³/mol. The second-order valence-electron chi connectivity index (χ2n) is 17.7. The van der Waals surface area contributed by atoms with Gasteiger partial charge in [0.2, 0.25) is 0 Å². The quantitative estimate of drug-likeness (QED) is 0.0262. The van der Waals surface area contributed by atoms with Crippen molar-refractivity contribution in [3.63, 3.8) is 0 Å². The second kappa shape index (κ2) is 56.1. The fourth-order valence-corrected chi connectivity index (χ4v) is 6.96. The molecule has 0 bridgehead atoms. The summed E-state index contributed by atoms with van der Waals surface area (Å²) < 4.78 is 16.7. The van der Waals surface area contributed by atoms with Crippen LogP contribution in [0.15, 0.2) is 134 Å². The Balaban J connectivity index is 4.61. The number of hydrogen-bond acceptors (Lipinski definition) is 6. The molecule has 0 aliphatic carbocycles. The van der Waals surface area contributed by atoms with Crippen LogP contribution in [0.3, 0.4) is 0 Å². The lowest BCUT2D eigenvalue weighted by molar-refractivity contribution is -0.167. The van der Waals surface area contributed by atoms with Gasteiger partial charge >= 0.3 is 17.9 Å². The Morgan fingerprint density at radius 1 is 0.304 bits per heavy atom. The average molecular weight is 953 g/mol. The lowest BCUT2D eigenvalue weighted by Gasteiger charge is -2.18. The summed E-state index contributed by atoms with van der Waals surface area (Å²) in [5.74, 6) is -1.06. The van der Waals surface area contributed by atoms with Crippen molar-refractivity contribution >= 4 is 17.9 Å². The molecule has 0 amide bonds. The summed E-state index contributed by atoms with van der Waals surface area (Å²) in [6, 6.07) is 0. The minimum Gasteiger partial charge on any atom is -0.462 e. The zero-order valence-electron chi connectivity index (χ0n) is 44.3. The van der Waals surface area contributed by atoms with Crippen LogP contribution in [0.25, 0.3) is 0 Å². The molecule has 0 N–H and O–H groups in total. The summed E-state index contributed by atoms with van der Waals surface area (Å²) in [6.45, 7) is 6.37. The number of unbranched alkanes of at least 4 members (excludes halogenated alkanes) is 15. The van der Waals surface area contributed by atoms with Crippen LogP contribution in [0.1, 0.15) is 226 Å². The molecule has 0 aliphatic heterocycles. The Hall–Kier alpha value is -4.45. The highest BCUT2D eigenvalue weighted by Gasteiger charge is 2.19. The molecule has 388 valence electrons. The first-order valence-electron chi connectivity index (χ1n) is 27.7. The van der Waals surface area contributed by atoms with Gasteiger partial charge in [-0.1, -0.05) is 206 Å². The van der Waals surface area contributed by atoms with Gasteiger partial charge < -0.3 is 14.2 Å². The molecule has 0 heterocycles. The van der Waals surface area contributed by atoms with Crippen LogP contribution in [0.4, 0.5) is 0 Å². The van der Waals surface area contributed by atoms with E-state index in [1.165, 1.54) is 70.6 Å². The van der Waals surface area contributed by atoms with E-state index < -0.39 is 6.10 Å². The van der Waals surface area contributed by atoms with Gasteiger partial charge in [-0.05, 0) is 135 Å². The zero-order chi connectivity index (χ0) is 50.0. The lowest BCUT2D eigenvalue weighted by Crippen LogP contribution is -2.30. The molecule has 6 heteroatoms. The number of ether oxygens (including phenoxy) is 3. The van der Waals surface area contributed by atoms with Gasteiger partial charge in [0.15, 0.2) is 6.10 Å². The second-order valence-corrected chi connectivity index (χ2v) is 17.7.